The Morgan fingerprint density at radius 1 is 1.44 bits per heavy atom. The van der Waals surface area contributed by atoms with Crippen LogP contribution in [-0.4, -0.2) is 46.9 Å². The number of rotatable bonds is 3. The molecule has 16 heavy (non-hydrogen) atoms. The molecule has 5 heteroatoms. The molecule has 2 fully saturated rings. The zero-order chi connectivity index (χ0) is 11.5. The minimum atomic E-state index is 0.0905. The second-order valence-corrected chi connectivity index (χ2v) is 6.06. The van der Waals surface area contributed by atoms with Gasteiger partial charge < -0.3 is 10.2 Å². The Kier molecular flexibility index (Phi) is 4.25. The summed E-state index contributed by atoms with van der Waals surface area (Å²) in [5.41, 5.74) is 0. The molecule has 2 amide bonds. The van der Waals surface area contributed by atoms with Crippen LogP contribution in [0, 0.1) is 0 Å². The molecule has 2 unspecified atom stereocenters. The second kappa shape index (κ2) is 5.50. The fourth-order valence-corrected chi connectivity index (χ4v) is 3.82. The van der Waals surface area contributed by atoms with Gasteiger partial charge in [-0.2, -0.15) is 11.8 Å². The predicted octanol–water partition coefficient (Wildman–Crippen LogP) is 2.29. The SMILES string of the molecule is CSC1CC2CCC(C1)N2C(=O)NCCCl. The van der Waals surface area contributed by atoms with Crippen molar-refractivity contribution in [1.82, 2.24) is 10.2 Å². The smallest absolute Gasteiger partial charge is 0.317 e. The van der Waals surface area contributed by atoms with Gasteiger partial charge in [-0.05, 0) is 31.9 Å². The highest BCUT2D eigenvalue weighted by Gasteiger charge is 2.42. The molecule has 0 saturated carbocycles. The van der Waals surface area contributed by atoms with Crippen LogP contribution in [0.1, 0.15) is 25.7 Å². The maximum absolute atomic E-state index is 12.0. The van der Waals surface area contributed by atoms with Crippen molar-refractivity contribution in [2.45, 2.75) is 43.0 Å². The molecule has 3 nitrogen and oxygen atoms in total. The molecule has 2 aliphatic rings. The van der Waals surface area contributed by atoms with Gasteiger partial charge in [0.05, 0.1) is 0 Å². The molecule has 2 heterocycles. The van der Waals surface area contributed by atoms with Crippen molar-refractivity contribution >= 4 is 29.4 Å². The number of nitrogens with zero attached hydrogens (tertiary/aromatic N) is 1. The predicted molar refractivity (Wildman–Crippen MR) is 69.3 cm³/mol. The van der Waals surface area contributed by atoms with Crippen molar-refractivity contribution in [3.8, 4) is 0 Å². The Bertz CT molecular complexity index is 250. The first kappa shape index (κ1) is 12.4. The first-order valence-corrected chi connectivity index (χ1v) is 7.73. The number of piperidine rings is 1. The van der Waals surface area contributed by atoms with Crippen molar-refractivity contribution < 1.29 is 4.79 Å². The molecule has 2 atom stereocenters. The van der Waals surface area contributed by atoms with Gasteiger partial charge in [-0.3, -0.25) is 0 Å². The first-order valence-electron chi connectivity index (χ1n) is 5.91. The van der Waals surface area contributed by atoms with E-state index in [-0.39, 0.29) is 6.03 Å². The number of thioether (sulfide) groups is 1. The molecule has 2 bridgehead atoms. The monoisotopic (exact) mass is 262 g/mol. The average molecular weight is 263 g/mol. The van der Waals surface area contributed by atoms with E-state index >= 15 is 0 Å². The summed E-state index contributed by atoms with van der Waals surface area (Å²) in [6.07, 6.45) is 6.84. The number of hydrogen-bond acceptors (Lipinski definition) is 2. The van der Waals surface area contributed by atoms with Gasteiger partial charge in [0.15, 0.2) is 0 Å². The molecule has 1 N–H and O–H groups in total. The average Bonchev–Trinajstić information content (AvgIpc) is 2.57. The van der Waals surface area contributed by atoms with Gasteiger partial charge in [-0.15, -0.1) is 11.6 Å². The number of hydrogen-bond donors (Lipinski definition) is 1. The van der Waals surface area contributed by atoms with Gasteiger partial charge in [0, 0.05) is 29.8 Å². The molecule has 2 saturated heterocycles. The van der Waals surface area contributed by atoms with Crippen LogP contribution in [0.15, 0.2) is 0 Å². The van der Waals surface area contributed by atoms with Gasteiger partial charge in [-0.25, -0.2) is 4.79 Å². The van der Waals surface area contributed by atoms with E-state index in [0.29, 0.717) is 24.5 Å². The van der Waals surface area contributed by atoms with Gasteiger partial charge in [0.1, 0.15) is 0 Å². The second-order valence-electron chi connectivity index (χ2n) is 4.54. The number of amides is 2. The van der Waals surface area contributed by atoms with Crippen molar-refractivity contribution in [2.75, 3.05) is 18.7 Å². The third kappa shape index (κ3) is 2.43. The summed E-state index contributed by atoms with van der Waals surface area (Å²) in [4.78, 5) is 14.0. The normalized spacial score (nSPS) is 32.9. The summed E-state index contributed by atoms with van der Waals surface area (Å²) < 4.78 is 0. The Morgan fingerprint density at radius 2 is 2.06 bits per heavy atom. The van der Waals surface area contributed by atoms with E-state index < -0.39 is 0 Å². The number of nitrogens with one attached hydrogen (secondary N) is 1. The molecule has 0 aromatic heterocycles. The first-order chi connectivity index (χ1) is 7.76. The molecule has 0 spiro atoms. The zero-order valence-corrected chi connectivity index (χ0v) is 11.2. The molecule has 0 aromatic rings. The summed E-state index contributed by atoms with van der Waals surface area (Å²) in [5, 5.41) is 3.63. The fraction of sp³-hybridized carbons (Fsp3) is 0.909. The van der Waals surface area contributed by atoms with Crippen molar-refractivity contribution in [3.05, 3.63) is 0 Å². The van der Waals surface area contributed by atoms with Crippen LogP contribution >= 0.6 is 23.4 Å². The van der Waals surface area contributed by atoms with Gasteiger partial charge >= 0.3 is 6.03 Å². The summed E-state index contributed by atoms with van der Waals surface area (Å²) in [6, 6.07) is 1.02. The van der Waals surface area contributed by atoms with E-state index in [1.165, 1.54) is 12.8 Å². The molecule has 2 aliphatic heterocycles. The molecule has 2 rings (SSSR count). The Hall–Kier alpha value is -0.0900. The minimum Gasteiger partial charge on any atom is -0.337 e. The summed E-state index contributed by atoms with van der Waals surface area (Å²) in [6.45, 7) is 0.572. The number of carbonyl (C=O) groups excluding carboxylic acids is 1. The van der Waals surface area contributed by atoms with Crippen LogP contribution in [0.4, 0.5) is 4.79 Å². The highest BCUT2D eigenvalue weighted by molar-refractivity contribution is 7.99. The van der Waals surface area contributed by atoms with Crippen molar-refractivity contribution in [3.63, 3.8) is 0 Å². The number of carbonyl (C=O) groups is 1. The molecule has 0 radical (unpaired) electrons. The summed E-state index contributed by atoms with van der Waals surface area (Å²) >= 11 is 7.53. The number of halogens is 1. The summed E-state index contributed by atoms with van der Waals surface area (Å²) in [5.74, 6) is 0.488. The lowest BCUT2D eigenvalue weighted by Gasteiger charge is -2.38. The lowest BCUT2D eigenvalue weighted by molar-refractivity contribution is 0.149. The number of alkyl halides is 1. The van der Waals surface area contributed by atoms with E-state index in [9.17, 15) is 4.79 Å². The van der Waals surface area contributed by atoms with Crippen LogP contribution < -0.4 is 5.32 Å². The number of fused-ring (bicyclic) bond motifs is 2. The highest BCUT2D eigenvalue weighted by atomic mass is 35.5. The quantitative estimate of drug-likeness (QED) is 0.792. The van der Waals surface area contributed by atoms with Gasteiger partial charge in [0.25, 0.3) is 0 Å². The van der Waals surface area contributed by atoms with Gasteiger partial charge in [0.2, 0.25) is 0 Å². The lowest BCUT2D eigenvalue weighted by atomic mass is 10.0. The van der Waals surface area contributed by atoms with E-state index in [1.807, 2.05) is 11.8 Å². The minimum absolute atomic E-state index is 0.0905. The van der Waals surface area contributed by atoms with Crippen LogP contribution in [0.25, 0.3) is 0 Å². The fourth-order valence-electron chi connectivity index (χ4n) is 2.90. The van der Waals surface area contributed by atoms with Crippen molar-refractivity contribution in [2.24, 2.45) is 0 Å². The van der Waals surface area contributed by atoms with E-state index in [4.69, 9.17) is 11.6 Å². The van der Waals surface area contributed by atoms with E-state index in [1.54, 1.807) is 0 Å². The highest BCUT2D eigenvalue weighted by Crippen LogP contribution is 2.39. The molecule has 92 valence electrons. The van der Waals surface area contributed by atoms with Crippen LogP contribution in [0.3, 0.4) is 0 Å². The van der Waals surface area contributed by atoms with Crippen LogP contribution in [0.2, 0.25) is 0 Å². The van der Waals surface area contributed by atoms with Crippen LogP contribution in [-0.2, 0) is 0 Å². The third-order valence-corrected chi connectivity index (χ3v) is 4.87. The van der Waals surface area contributed by atoms with Gasteiger partial charge in [-0.1, -0.05) is 0 Å². The van der Waals surface area contributed by atoms with Crippen molar-refractivity contribution in [1.29, 1.82) is 0 Å². The topological polar surface area (TPSA) is 32.3 Å². The largest absolute Gasteiger partial charge is 0.337 e. The molecular formula is C11H19ClN2OS. The summed E-state index contributed by atoms with van der Waals surface area (Å²) in [7, 11) is 0. The van der Waals surface area contributed by atoms with E-state index in [0.717, 1.165) is 18.1 Å². The Morgan fingerprint density at radius 3 is 2.56 bits per heavy atom. The zero-order valence-electron chi connectivity index (χ0n) is 9.62. The Labute approximate surface area is 106 Å². The van der Waals surface area contributed by atoms with E-state index in [2.05, 4.69) is 16.5 Å². The maximum Gasteiger partial charge on any atom is 0.317 e. The lowest BCUT2D eigenvalue weighted by Crippen LogP contribution is -2.51. The molecule has 0 aliphatic carbocycles. The third-order valence-electron chi connectivity index (χ3n) is 3.63. The standard InChI is InChI=1S/C11H19ClN2OS/c1-16-10-6-8-2-3-9(7-10)14(8)11(15)13-5-4-12/h8-10H,2-7H2,1H3,(H,13,15). The Balaban J connectivity index is 1.94. The number of urea groups is 1. The molecule has 0 aromatic carbocycles. The van der Waals surface area contributed by atoms with Crippen LogP contribution in [0.5, 0.6) is 0 Å². The molecular weight excluding hydrogens is 244 g/mol. The maximum atomic E-state index is 12.0.